The number of halogens is 1. The number of hydrogen-bond donors (Lipinski definition) is 1. The lowest BCUT2D eigenvalue weighted by molar-refractivity contribution is 0.0929. The molecular weight excluding hydrogens is 256 g/mol. The molecule has 4 heteroatoms. The lowest BCUT2D eigenvalue weighted by atomic mass is 10.2. The van der Waals surface area contributed by atoms with Crippen molar-refractivity contribution in [3.63, 3.8) is 0 Å². The summed E-state index contributed by atoms with van der Waals surface area (Å²) in [6.45, 7) is 1.56. The molecule has 0 radical (unpaired) electrons. The molecule has 0 aliphatic carbocycles. The Labute approximate surface area is 95.2 Å². The van der Waals surface area contributed by atoms with Gasteiger partial charge < -0.3 is 9.88 Å². The van der Waals surface area contributed by atoms with Crippen LogP contribution in [0.5, 0.6) is 0 Å². The van der Waals surface area contributed by atoms with Crippen molar-refractivity contribution in [3.05, 3.63) is 34.4 Å². The number of nitrogens with zero attached hydrogens (tertiary/aromatic N) is 1. The minimum absolute atomic E-state index is 0.0218. The van der Waals surface area contributed by atoms with Gasteiger partial charge in [-0.25, -0.2) is 0 Å². The molecule has 15 heavy (non-hydrogen) atoms. The normalized spacial score (nSPS) is 15.1. The number of rotatable bonds is 0. The molecule has 3 rings (SSSR count). The third-order valence-corrected chi connectivity index (χ3v) is 3.21. The van der Waals surface area contributed by atoms with Crippen LogP contribution in [0.4, 0.5) is 0 Å². The summed E-state index contributed by atoms with van der Waals surface area (Å²) >= 11 is 3.45. The Hall–Kier alpha value is -1.29. The summed E-state index contributed by atoms with van der Waals surface area (Å²) in [6.07, 6.45) is 0. The van der Waals surface area contributed by atoms with Gasteiger partial charge in [0.05, 0.1) is 0 Å². The van der Waals surface area contributed by atoms with E-state index in [1.165, 1.54) is 0 Å². The molecule has 1 aromatic heterocycles. The Balaban J connectivity index is 2.36. The predicted octanol–water partition coefficient (Wildman–Crippen LogP) is 2.15. The summed E-state index contributed by atoms with van der Waals surface area (Å²) in [7, 11) is 0. The van der Waals surface area contributed by atoms with Crippen molar-refractivity contribution in [1.82, 2.24) is 9.88 Å². The van der Waals surface area contributed by atoms with E-state index >= 15 is 0 Å². The largest absolute Gasteiger partial charge is 0.349 e. The van der Waals surface area contributed by atoms with Crippen LogP contribution < -0.4 is 5.32 Å². The zero-order valence-electron chi connectivity index (χ0n) is 7.96. The molecule has 0 atom stereocenters. The highest BCUT2D eigenvalue weighted by Gasteiger charge is 2.18. The number of carbonyl (C=O) groups is 1. The van der Waals surface area contributed by atoms with Gasteiger partial charge in [0, 0.05) is 28.5 Å². The molecule has 1 N–H and O–H groups in total. The lowest BCUT2D eigenvalue weighted by Gasteiger charge is -2.16. The van der Waals surface area contributed by atoms with Crippen molar-refractivity contribution in [2.45, 2.75) is 6.54 Å². The van der Waals surface area contributed by atoms with Crippen molar-refractivity contribution >= 4 is 32.7 Å². The van der Waals surface area contributed by atoms with Crippen molar-refractivity contribution in [3.8, 4) is 0 Å². The summed E-state index contributed by atoms with van der Waals surface area (Å²) < 4.78 is 3.11. The molecule has 0 spiro atoms. The van der Waals surface area contributed by atoms with Crippen LogP contribution in [0.1, 0.15) is 10.5 Å². The van der Waals surface area contributed by atoms with Crippen LogP contribution in [0.3, 0.4) is 0 Å². The SMILES string of the molecule is O=C1NCCn2c1cc1ccc(Br)cc12. The maximum absolute atomic E-state index is 11.6. The highest BCUT2D eigenvalue weighted by Crippen LogP contribution is 2.24. The second-order valence-electron chi connectivity index (χ2n) is 3.64. The molecule has 1 aromatic carbocycles. The number of aromatic nitrogens is 1. The highest BCUT2D eigenvalue weighted by atomic mass is 79.9. The summed E-state index contributed by atoms with van der Waals surface area (Å²) in [5.41, 5.74) is 1.88. The summed E-state index contributed by atoms with van der Waals surface area (Å²) in [4.78, 5) is 11.6. The van der Waals surface area contributed by atoms with E-state index in [1.807, 2.05) is 18.2 Å². The monoisotopic (exact) mass is 264 g/mol. The zero-order chi connectivity index (χ0) is 10.4. The van der Waals surface area contributed by atoms with Gasteiger partial charge in [0.25, 0.3) is 5.91 Å². The molecule has 1 amide bonds. The molecule has 2 aromatic rings. The van der Waals surface area contributed by atoms with Gasteiger partial charge >= 0.3 is 0 Å². The van der Waals surface area contributed by atoms with Gasteiger partial charge in [0.15, 0.2) is 0 Å². The molecule has 76 valence electrons. The van der Waals surface area contributed by atoms with Gasteiger partial charge in [-0.05, 0) is 18.2 Å². The van der Waals surface area contributed by atoms with E-state index in [-0.39, 0.29) is 5.91 Å². The number of hydrogen-bond acceptors (Lipinski definition) is 1. The van der Waals surface area contributed by atoms with Gasteiger partial charge in [0.1, 0.15) is 5.69 Å². The summed E-state index contributed by atoms with van der Waals surface area (Å²) in [5, 5.41) is 3.96. The van der Waals surface area contributed by atoms with Crippen LogP contribution in [0.2, 0.25) is 0 Å². The van der Waals surface area contributed by atoms with E-state index in [9.17, 15) is 4.79 Å². The minimum Gasteiger partial charge on any atom is -0.349 e. The quantitative estimate of drug-likeness (QED) is 0.778. The number of amides is 1. The van der Waals surface area contributed by atoms with Crippen LogP contribution >= 0.6 is 15.9 Å². The first kappa shape index (κ1) is 8.97. The molecule has 1 aliphatic heterocycles. The zero-order valence-corrected chi connectivity index (χ0v) is 9.54. The van der Waals surface area contributed by atoms with Gasteiger partial charge in [-0.15, -0.1) is 0 Å². The molecular formula is C11H9BrN2O. The van der Waals surface area contributed by atoms with E-state index in [0.717, 1.165) is 27.6 Å². The number of benzene rings is 1. The first-order valence-electron chi connectivity index (χ1n) is 4.83. The van der Waals surface area contributed by atoms with Crippen molar-refractivity contribution in [2.24, 2.45) is 0 Å². The van der Waals surface area contributed by atoms with Crippen molar-refractivity contribution in [1.29, 1.82) is 0 Å². The standard InChI is InChI=1S/C11H9BrN2O/c12-8-2-1-7-5-10-11(15)13-3-4-14(10)9(7)6-8/h1-2,5-6H,3-4H2,(H,13,15). The Morgan fingerprint density at radius 1 is 1.33 bits per heavy atom. The molecule has 2 heterocycles. The molecule has 0 saturated carbocycles. The van der Waals surface area contributed by atoms with E-state index in [1.54, 1.807) is 0 Å². The Morgan fingerprint density at radius 2 is 2.20 bits per heavy atom. The van der Waals surface area contributed by atoms with Crippen molar-refractivity contribution < 1.29 is 4.79 Å². The van der Waals surface area contributed by atoms with Gasteiger partial charge in [-0.1, -0.05) is 22.0 Å². The minimum atomic E-state index is 0.0218. The fraction of sp³-hybridized carbons (Fsp3) is 0.182. The lowest BCUT2D eigenvalue weighted by Crippen LogP contribution is -2.34. The van der Waals surface area contributed by atoms with E-state index in [2.05, 4.69) is 31.9 Å². The van der Waals surface area contributed by atoms with Crippen molar-refractivity contribution in [2.75, 3.05) is 6.54 Å². The fourth-order valence-corrected chi connectivity index (χ4v) is 2.38. The van der Waals surface area contributed by atoms with Crippen LogP contribution in [-0.4, -0.2) is 17.0 Å². The fourth-order valence-electron chi connectivity index (χ4n) is 2.03. The second-order valence-corrected chi connectivity index (χ2v) is 4.56. The van der Waals surface area contributed by atoms with Gasteiger partial charge in [-0.3, -0.25) is 4.79 Å². The summed E-state index contributed by atoms with van der Waals surface area (Å²) in [5.74, 6) is 0.0218. The first-order chi connectivity index (χ1) is 7.25. The van der Waals surface area contributed by atoms with E-state index in [0.29, 0.717) is 6.54 Å². The third kappa shape index (κ3) is 1.28. The molecule has 0 bridgehead atoms. The van der Waals surface area contributed by atoms with E-state index in [4.69, 9.17) is 0 Å². The molecule has 0 unspecified atom stereocenters. The number of carbonyl (C=O) groups excluding carboxylic acids is 1. The topological polar surface area (TPSA) is 34.0 Å². The van der Waals surface area contributed by atoms with Gasteiger partial charge in [-0.2, -0.15) is 0 Å². The molecule has 3 nitrogen and oxygen atoms in total. The van der Waals surface area contributed by atoms with Crippen LogP contribution in [0.15, 0.2) is 28.7 Å². The number of nitrogens with one attached hydrogen (secondary N) is 1. The Morgan fingerprint density at radius 3 is 3.07 bits per heavy atom. The summed E-state index contributed by atoms with van der Waals surface area (Å²) in [6, 6.07) is 8.01. The highest BCUT2D eigenvalue weighted by molar-refractivity contribution is 9.10. The third-order valence-electron chi connectivity index (χ3n) is 2.72. The molecule has 0 fully saturated rings. The average molecular weight is 265 g/mol. The predicted molar refractivity (Wildman–Crippen MR) is 62.0 cm³/mol. The number of fused-ring (bicyclic) bond motifs is 3. The smallest absolute Gasteiger partial charge is 0.268 e. The van der Waals surface area contributed by atoms with Gasteiger partial charge in [0.2, 0.25) is 0 Å². The molecule has 1 aliphatic rings. The maximum atomic E-state index is 11.6. The first-order valence-corrected chi connectivity index (χ1v) is 5.62. The average Bonchev–Trinajstić information content (AvgIpc) is 2.58. The van der Waals surface area contributed by atoms with Crippen LogP contribution in [0, 0.1) is 0 Å². The van der Waals surface area contributed by atoms with Crippen LogP contribution in [-0.2, 0) is 6.54 Å². The Kier molecular flexibility index (Phi) is 1.85. The van der Waals surface area contributed by atoms with E-state index < -0.39 is 0 Å². The maximum Gasteiger partial charge on any atom is 0.268 e. The molecule has 0 saturated heterocycles. The second kappa shape index (κ2) is 3.10. The van der Waals surface area contributed by atoms with Crippen LogP contribution in [0.25, 0.3) is 10.9 Å². The Bertz CT molecular complexity index is 559.